The molecule has 2 aromatic carbocycles. The topological polar surface area (TPSA) is 40.5 Å². The van der Waals surface area contributed by atoms with Crippen LogP contribution in [0.4, 0.5) is 0 Å². The number of fused-ring (bicyclic) bond motifs is 3. The lowest BCUT2D eigenvalue weighted by Crippen LogP contribution is -2.24. The number of hydrogen-bond acceptors (Lipinski definition) is 3. The smallest absolute Gasteiger partial charge is 0.293 e. The van der Waals surface area contributed by atoms with Gasteiger partial charge in [-0.3, -0.25) is 4.79 Å². The van der Waals surface area contributed by atoms with E-state index in [1.807, 2.05) is 49.4 Å². The number of pyridine rings is 1. The number of benzene rings is 2. The van der Waals surface area contributed by atoms with Crippen LogP contribution in [0.3, 0.4) is 0 Å². The quantitative estimate of drug-likeness (QED) is 0.690. The van der Waals surface area contributed by atoms with Crippen molar-refractivity contribution >= 4 is 28.1 Å². The summed E-state index contributed by atoms with van der Waals surface area (Å²) in [6, 6.07) is 13.4. The predicted molar refractivity (Wildman–Crippen MR) is 104 cm³/mol. The lowest BCUT2D eigenvalue weighted by Gasteiger charge is -2.22. The summed E-state index contributed by atoms with van der Waals surface area (Å²) in [6.45, 7) is 2.67. The van der Waals surface area contributed by atoms with E-state index in [2.05, 4.69) is 0 Å². The molecule has 0 N–H and O–H groups in total. The van der Waals surface area contributed by atoms with Crippen LogP contribution in [-0.2, 0) is 7.05 Å². The minimum Gasteiger partial charge on any atom is -0.489 e. The molecule has 0 bridgehead atoms. The molecular formula is C21H18ClNO3. The standard InChI is InChI=1S/C21H18ClNO3/c1-13-11-15(22)7-8-18(13)26-12-14-9-10-25-20-19(14)16-5-3-4-6-17(16)23(2)21(20)24/h3-9,11H,10,12H2,1-2H3. The average molecular weight is 368 g/mol. The van der Waals surface area contributed by atoms with Crippen molar-refractivity contribution in [1.29, 1.82) is 0 Å². The van der Waals surface area contributed by atoms with Crippen LogP contribution in [-0.4, -0.2) is 17.8 Å². The summed E-state index contributed by atoms with van der Waals surface area (Å²) in [5.41, 5.74) is 3.48. The van der Waals surface area contributed by atoms with Crippen LogP contribution < -0.4 is 15.0 Å². The van der Waals surface area contributed by atoms with Gasteiger partial charge in [-0.05, 0) is 42.8 Å². The van der Waals surface area contributed by atoms with E-state index in [1.54, 1.807) is 17.7 Å². The van der Waals surface area contributed by atoms with Crippen LogP contribution in [0.25, 0.3) is 16.5 Å². The lowest BCUT2D eigenvalue weighted by molar-refractivity contribution is 0.338. The first-order valence-electron chi connectivity index (χ1n) is 8.39. The SMILES string of the molecule is Cc1cc(Cl)ccc1OCC1=CCOc2c1c1ccccc1n(C)c2=O. The molecule has 2 heterocycles. The molecule has 26 heavy (non-hydrogen) atoms. The van der Waals surface area contributed by atoms with Crippen molar-refractivity contribution in [3.05, 3.63) is 75.0 Å². The third kappa shape index (κ3) is 2.76. The van der Waals surface area contributed by atoms with Gasteiger partial charge in [0.15, 0.2) is 5.75 Å². The molecule has 4 rings (SSSR count). The molecule has 0 saturated heterocycles. The Kier molecular flexibility index (Phi) is 4.21. The summed E-state index contributed by atoms with van der Waals surface area (Å²) in [5, 5.41) is 1.66. The van der Waals surface area contributed by atoms with Gasteiger partial charge in [0.25, 0.3) is 5.56 Å². The van der Waals surface area contributed by atoms with E-state index < -0.39 is 0 Å². The monoisotopic (exact) mass is 367 g/mol. The number of halogens is 1. The fourth-order valence-corrected chi connectivity index (χ4v) is 3.54. The molecule has 5 heteroatoms. The Morgan fingerprint density at radius 3 is 2.85 bits per heavy atom. The molecule has 3 aromatic rings. The molecule has 0 amide bonds. The largest absolute Gasteiger partial charge is 0.489 e. The highest BCUT2D eigenvalue weighted by atomic mass is 35.5. The molecule has 1 aliphatic rings. The molecule has 0 unspecified atom stereocenters. The van der Waals surface area contributed by atoms with Gasteiger partial charge in [0, 0.05) is 28.6 Å². The van der Waals surface area contributed by atoms with Crippen molar-refractivity contribution in [2.75, 3.05) is 13.2 Å². The minimum atomic E-state index is -0.132. The minimum absolute atomic E-state index is 0.132. The Balaban J connectivity index is 1.77. The highest BCUT2D eigenvalue weighted by Gasteiger charge is 2.22. The molecule has 0 aliphatic carbocycles. The van der Waals surface area contributed by atoms with Gasteiger partial charge >= 0.3 is 0 Å². The molecule has 132 valence electrons. The normalized spacial score (nSPS) is 13.1. The Morgan fingerprint density at radius 1 is 1.23 bits per heavy atom. The zero-order valence-corrected chi connectivity index (χ0v) is 15.3. The summed E-state index contributed by atoms with van der Waals surface area (Å²) in [4.78, 5) is 12.7. The van der Waals surface area contributed by atoms with E-state index in [4.69, 9.17) is 21.1 Å². The van der Waals surface area contributed by atoms with Crippen LogP contribution >= 0.6 is 11.6 Å². The highest BCUT2D eigenvalue weighted by molar-refractivity contribution is 6.30. The molecule has 0 spiro atoms. The highest BCUT2D eigenvalue weighted by Crippen LogP contribution is 2.34. The Bertz CT molecular complexity index is 1100. The summed E-state index contributed by atoms with van der Waals surface area (Å²) < 4.78 is 13.3. The molecule has 1 aliphatic heterocycles. The fourth-order valence-electron chi connectivity index (χ4n) is 3.31. The fraction of sp³-hybridized carbons (Fsp3) is 0.190. The van der Waals surface area contributed by atoms with Gasteiger partial charge in [0.05, 0.1) is 5.52 Å². The van der Waals surface area contributed by atoms with Gasteiger partial charge in [-0.2, -0.15) is 0 Å². The summed E-state index contributed by atoms with van der Waals surface area (Å²) in [5.74, 6) is 1.16. The van der Waals surface area contributed by atoms with Crippen molar-refractivity contribution < 1.29 is 9.47 Å². The van der Waals surface area contributed by atoms with Crippen molar-refractivity contribution in [2.45, 2.75) is 6.92 Å². The predicted octanol–water partition coefficient (Wildman–Crippen LogP) is 4.36. The first-order valence-corrected chi connectivity index (χ1v) is 8.77. The first-order chi connectivity index (χ1) is 12.6. The molecule has 0 atom stereocenters. The second-order valence-corrected chi connectivity index (χ2v) is 6.76. The lowest BCUT2D eigenvalue weighted by atomic mass is 9.98. The molecule has 4 nitrogen and oxygen atoms in total. The third-order valence-electron chi connectivity index (χ3n) is 4.66. The van der Waals surface area contributed by atoms with Crippen molar-refractivity contribution in [2.24, 2.45) is 7.05 Å². The number of ether oxygens (including phenoxy) is 2. The number of para-hydroxylation sites is 1. The van der Waals surface area contributed by atoms with Gasteiger partial charge in [-0.15, -0.1) is 0 Å². The van der Waals surface area contributed by atoms with E-state index in [0.29, 0.717) is 24.0 Å². The van der Waals surface area contributed by atoms with Crippen LogP contribution in [0.15, 0.2) is 53.3 Å². The second kappa shape index (κ2) is 6.54. The van der Waals surface area contributed by atoms with Gasteiger partial charge in [0.2, 0.25) is 0 Å². The average Bonchev–Trinajstić information content (AvgIpc) is 2.65. The number of nitrogens with zero attached hydrogens (tertiary/aromatic N) is 1. The van der Waals surface area contributed by atoms with Crippen LogP contribution in [0.2, 0.25) is 5.02 Å². The summed E-state index contributed by atoms with van der Waals surface area (Å²) in [6.07, 6.45) is 1.97. The van der Waals surface area contributed by atoms with Gasteiger partial charge in [0.1, 0.15) is 19.0 Å². The number of rotatable bonds is 3. The zero-order valence-electron chi connectivity index (χ0n) is 14.6. The molecule has 0 fully saturated rings. The van der Waals surface area contributed by atoms with E-state index in [0.717, 1.165) is 33.4 Å². The summed E-state index contributed by atoms with van der Waals surface area (Å²) in [7, 11) is 1.76. The molecule has 0 saturated carbocycles. The third-order valence-corrected chi connectivity index (χ3v) is 4.89. The zero-order chi connectivity index (χ0) is 18.3. The van der Waals surface area contributed by atoms with E-state index in [1.165, 1.54) is 0 Å². The van der Waals surface area contributed by atoms with Crippen molar-refractivity contribution in [1.82, 2.24) is 4.57 Å². The maximum Gasteiger partial charge on any atom is 0.293 e. The molecule has 0 radical (unpaired) electrons. The maximum atomic E-state index is 12.7. The van der Waals surface area contributed by atoms with Crippen LogP contribution in [0.5, 0.6) is 11.5 Å². The second-order valence-electron chi connectivity index (χ2n) is 6.32. The van der Waals surface area contributed by atoms with Gasteiger partial charge < -0.3 is 14.0 Å². The van der Waals surface area contributed by atoms with E-state index in [9.17, 15) is 4.79 Å². The maximum absolute atomic E-state index is 12.7. The Hall–Kier alpha value is -2.72. The Morgan fingerprint density at radius 2 is 2.04 bits per heavy atom. The van der Waals surface area contributed by atoms with E-state index in [-0.39, 0.29) is 5.56 Å². The van der Waals surface area contributed by atoms with E-state index >= 15 is 0 Å². The first kappa shape index (κ1) is 16.7. The Labute approximate surface area is 156 Å². The van der Waals surface area contributed by atoms with Crippen LogP contribution in [0.1, 0.15) is 11.1 Å². The van der Waals surface area contributed by atoms with Gasteiger partial charge in [-0.25, -0.2) is 0 Å². The van der Waals surface area contributed by atoms with Crippen molar-refractivity contribution in [3.63, 3.8) is 0 Å². The van der Waals surface area contributed by atoms with Crippen molar-refractivity contribution in [3.8, 4) is 11.5 Å². The molecular weight excluding hydrogens is 350 g/mol. The molecule has 1 aromatic heterocycles. The number of aryl methyl sites for hydroxylation is 2. The van der Waals surface area contributed by atoms with Crippen LogP contribution in [0, 0.1) is 6.92 Å². The van der Waals surface area contributed by atoms with Gasteiger partial charge in [-0.1, -0.05) is 29.8 Å². The summed E-state index contributed by atoms with van der Waals surface area (Å²) >= 11 is 6.01. The number of hydrogen-bond donors (Lipinski definition) is 0. The number of aromatic nitrogens is 1.